The molecule has 2 rings (SSSR count). The molecule has 98 valence electrons. The third kappa shape index (κ3) is 2.36. The second-order valence-corrected chi connectivity index (χ2v) is 3.42. The van der Waals surface area contributed by atoms with Gasteiger partial charge in [0.15, 0.2) is 17.5 Å². The predicted molar refractivity (Wildman–Crippen MR) is 60.7 cm³/mol. The standard InChI is InChI=1S/C9H6F2N6O2/c10-4-1-3(6(17(18)19)2-5(4)11)7-14-8(12)16-9(13)15-7/h1-2H,(H4,12,13,14,15,16). The van der Waals surface area contributed by atoms with Gasteiger partial charge in [0, 0.05) is 0 Å². The number of anilines is 2. The average Bonchev–Trinajstić information content (AvgIpc) is 2.30. The summed E-state index contributed by atoms with van der Waals surface area (Å²) >= 11 is 0. The normalized spacial score (nSPS) is 10.4. The molecule has 0 amide bonds. The van der Waals surface area contributed by atoms with Gasteiger partial charge in [-0.15, -0.1) is 0 Å². The van der Waals surface area contributed by atoms with Gasteiger partial charge in [0.1, 0.15) is 5.56 Å². The molecular formula is C9H6F2N6O2. The van der Waals surface area contributed by atoms with Crippen LogP contribution in [0, 0.1) is 21.7 Å². The number of hydrogen-bond donors (Lipinski definition) is 2. The Morgan fingerprint density at radius 1 is 1.05 bits per heavy atom. The highest BCUT2D eigenvalue weighted by molar-refractivity contribution is 5.69. The van der Waals surface area contributed by atoms with Crippen LogP contribution in [0.2, 0.25) is 0 Å². The van der Waals surface area contributed by atoms with Crippen molar-refractivity contribution in [2.45, 2.75) is 0 Å². The lowest BCUT2D eigenvalue weighted by molar-refractivity contribution is -0.384. The van der Waals surface area contributed by atoms with Crippen LogP contribution < -0.4 is 11.5 Å². The van der Waals surface area contributed by atoms with E-state index in [-0.39, 0.29) is 23.3 Å². The van der Waals surface area contributed by atoms with Crippen molar-refractivity contribution in [3.63, 3.8) is 0 Å². The van der Waals surface area contributed by atoms with Gasteiger partial charge in [-0.1, -0.05) is 0 Å². The number of halogens is 2. The van der Waals surface area contributed by atoms with Crippen LogP contribution in [0.15, 0.2) is 12.1 Å². The van der Waals surface area contributed by atoms with E-state index in [9.17, 15) is 18.9 Å². The molecule has 1 aromatic carbocycles. The maximum absolute atomic E-state index is 13.2. The number of hydrogen-bond acceptors (Lipinski definition) is 7. The van der Waals surface area contributed by atoms with Crippen molar-refractivity contribution in [3.8, 4) is 11.4 Å². The van der Waals surface area contributed by atoms with Gasteiger partial charge >= 0.3 is 0 Å². The number of aromatic nitrogens is 3. The van der Waals surface area contributed by atoms with Gasteiger partial charge in [0.05, 0.1) is 11.0 Å². The highest BCUT2D eigenvalue weighted by atomic mass is 19.2. The molecule has 0 aliphatic heterocycles. The van der Waals surface area contributed by atoms with Gasteiger partial charge in [-0.25, -0.2) is 8.78 Å². The topological polar surface area (TPSA) is 134 Å². The van der Waals surface area contributed by atoms with Crippen LogP contribution in [0.5, 0.6) is 0 Å². The lowest BCUT2D eigenvalue weighted by Gasteiger charge is -2.04. The maximum Gasteiger partial charge on any atom is 0.283 e. The number of rotatable bonds is 2. The molecule has 10 heteroatoms. The second kappa shape index (κ2) is 4.40. The van der Waals surface area contributed by atoms with Crippen molar-refractivity contribution in [2.24, 2.45) is 0 Å². The van der Waals surface area contributed by atoms with E-state index in [1.165, 1.54) is 0 Å². The Kier molecular flexibility index (Phi) is 2.91. The molecule has 0 saturated carbocycles. The van der Waals surface area contributed by atoms with Gasteiger partial charge in [-0.3, -0.25) is 10.1 Å². The molecule has 0 fully saturated rings. The van der Waals surface area contributed by atoms with Crippen LogP contribution in [-0.2, 0) is 0 Å². The number of nitrogen functional groups attached to an aromatic ring is 2. The van der Waals surface area contributed by atoms with Crippen LogP contribution in [-0.4, -0.2) is 19.9 Å². The quantitative estimate of drug-likeness (QED) is 0.610. The zero-order valence-corrected chi connectivity index (χ0v) is 9.17. The van der Waals surface area contributed by atoms with E-state index in [0.29, 0.717) is 12.1 Å². The molecule has 0 saturated heterocycles. The summed E-state index contributed by atoms with van der Waals surface area (Å²) in [7, 11) is 0. The minimum atomic E-state index is -1.36. The summed E-state index contributed by atoms with van der Waals surface area (Å²) in [5.74, 6) is -3.53. The second-order valence-electron chi connectivity index (χ2n) is 3.42. The number of nitrogens with zero attached hydrogens (tertiary/aromatic N) is 4. The van der Waals surface area contributed by atoms with Crippen molar-refractivity contribution in [1.82, 2.24) is 15.0 Å². The maximum atomic E-state index is 13.2. The molecule has 19 heavy (non-hydrogen) atoms. The Morgan fingerprint density at radius 2 is 1.58 bits per heavy atom. The van der Waals surface area contributed by atoms with Gasteiger partial charge in [0.25, 0.3) is 5.69 Å². The first-order valence-corrected chi connectivity index (χ1v) is 4.79. The molecule has 0 bridgehead atoms. The molecule has 0 radical (unpaired) electrons. The van der Waals surface area contributed by atoms with Gasteiger partial charge in [-0.05, 0) is 6.07 Å². The smallest absolute Gasteiger partial charge is 0.283 e. The van der Waals surface area contributed by atoms with Crippen LogP contribution in [0.3, 0.4) is 0 Å². The molecule has 0 aliphatic carbocycles. The van der Waals surface area contributed by atoms with Crippen LogP contribution in [0.1, 0.15) is 0 Å². The predicted octanol–water partition coefficient (Wildman–Crippen LogP) is 0.889. The molecule has 1 aromatic heterocycles. The van der Waals surface area contributed by atoms with E-state index >= 15 is 0 Å². The summed E-state index contributed by atoms with van der Waals surface area (Å²) in [6.45, 7) is 0. The van der Waals surface area contributed by atoms with Crippen molar-refractivity contribution in [3.05, 3.63) is 33.9 Å². The van der Waals surface area contributed by atoms with Gasteiger partial charge in [0.2, 0.25) is 11.9 Å². The molecule has 0 atom stereocenters. The summed E-state index contributed by atoms with van der Waals surface area (Å²) in [5.41, 5.74) is 9.57. The number of benzene rings is 1. The monoisotopic (exact) mass is 268 g/mol. The highest BCUT2D eigenvalue weighted by Gasteiger charge is 2.22. The fourth-order valence-corrected chi connectivity index (χ4v) is 1.40. The third-order valence-corrected chi connectivity index (χ3v) is 2.15. The molecule has 2 aromatic rings. The Hall–Kier alpha value is -2.91. The summed E-state index contributed by atoms with van der Waals surface area (Å²) in [6, 6.07) is 1.03. The minimum absolute atomic E-state index is 0.290. The molecule has 4 N–H and O–H groups in total. The van der Waals surface area contributed by atoms with Crippen molar-refractivity contribution >= 4 is 17.6 Å². The van der Waals surface area contributed by atoms with Crippen LogP contribution in [0.25, 0.3) is 11.4 Å². The lowest BCUT2D eigenvalue weighted by atomic mass is 10.1. The van der Waals surface area contributed by atoms with Crippen LogP contribution >= 0.6 is 0 Å². The Bertz CT molecular complexity index is 658. The Labute approximate surface area is 104 Å². The molecule has 0 unspecified atom stereocenters. The van der Waals surface area contributed by atoms with Crippen molar-refractivity contribution in [1.29, 1.82) is 0 Å². The lowest BCUT2D eigenvalue weighted by Crippen LogP contribution is -2.06. The highest BCUT2D eigenvalue weighted by Crippen LogP contribution is 2.30. The average molecular weight is 268 g/mol. The summed E-state index contributed by atoms with van der Waals surface area (Å²) in [6.07, 6.45) is 0. The Balaban J connectivity index is 2.73. The van der Waals surface area contributed by atoms with E-state index in [4.69, 9.17) is 11.5 Å². The Morgan fingerprint density at radius 3 is 2.11 bits per heavy atom. The first-order valence-electron chi connectivity index (χ1n) is 4.79. The number of nitro groups is 1. The van der Waals surface area contributed by atoms with Gasteiger partial charge in [-0.2, -0.15) is 15.0 Å². The van der Waals surface area contributed by atoms with E-state index in [1.807, 2.05) is 0 Å². The van der Waals surface area contributed by atoms with E-state index in [1.54, 1.807) is 0 Å². The first kappa shape index (κ1) is 12.5. The summed E-state index contributed by atoms with van der Waals surface area (Å²) < 4.78 is 26.2. The molecule has 0 spiro atoms. The fraction of sp³-hybridized carbons (Fsp3) is 0. The first-order chi connectivity index (χ1) is 8.88. The molecule has 0 aliphatic rings. The fourth-order valence-electron chi connectivity index (χ4n) is 1.40. The number of nitro benzene ring substituents is 1. The van der Waals surface area contributed by atoms with Crippen molar-refractivity contribution in [2.75, 3.05) is 11.5 Å². The summed E-state index contributed by atoms with van der Waals surface area (Å²) in [5, 5.41) is 10.8. The molecule has 8 nitrogen and oxygen atoms in total. The molecular weight excluding hydrogens is 262 g/mol. The van der Waals surface area contributed by atoms with Gasteiger partial charge < -0.3 is 11.5 Å². The summed E-state index contributed by atoms with van der Waals surface area (Å²) in [4.78, 5) is 20.6. The minimum Gasteiger partial charge on any atom is -0.368 e. The zero-order chi connectivity index (χ0) is 14.2. The van der Waals surface area contributed by atoms with E-state index < -0.39 is 22.2 Å². The molecule has 1 heterocycles. The third-order valence-electron chi connectivity index (χ3n) is 2.15. The van der Waals surface area contributed by atoms with Crippen LogP contribution in [0.4, 0.5) is 26.4 Å². The SMILES string of the molecule is Nc1nc(N)nc(-c2cc(F)c(F)cc2[N+](=O)[O-])n1. The number of nitrogens with two attached hydrogens (primary N) is 2. The van der Waals surface area contributed by atoms with E-state index in [0.717, 1.165) is 0 Å². The van der Waals surface area contributed by atoms with Crippen molar-refractivity contribution < 1.29 is 13.7 Å². The van der Waals surface area contributed by atoms with E-state index in [2.05, 4.69) is 15.0 Å². The zero-order valence-electron chi connectivity index (χ0n) is 9.17. The largest absolute Gasteiger partial charge is 0.368 e.